The summed E-state index contributed by atoms with van der Waals surface area (Å²) in [5.74, 6) is -0.851. The second kappa shape index (κ2) is 7.13. The molecule has 23 heavy (non-hydrogen) atoms. The minimum Gasteiger partial charge on any atom is -0.481 e. The van der Waals surface area contributed by atoms with Crippen molar-refractivity contribution in [2.75, 3.05) is 19.0 Å². The molecule has 1 aliphatic rings. The van der Waals surface area contributed by atoms with Crippen molar-refractivity contribution >= 4 is 17.6 Å². The molecule has 0 aliphatic carbocycles. The summed E-state index contributed by atoms with van der Waals surface area (Å²) in [4.78, 5) is 27.8. The number of likely N-dealkylation sites (N-methyl/N-ethyl adjacent to an activating group) is 2. The smallest absolute Gasteiger partial charge is 0.307 e. The highest BCUT2D eigenvalue weighted by molar-refractivity contribution is 5.98. The van der Waals surface area contributed by atoms with Crippen LogP contribution in [0.25, 0.3) is 0 Å². The first kappa shape index (κ1) is 17.5. The van der Waals surface area contributed by atoms with Crippen molar-refractivity contribution in [3.05, 3.63) is 29.3 Å². The van der Waals surface area contributed by atoms with Crippen LogP contribution in [0.5, 0.6) is 0 Å². The number of carbonyl (C=O) groups is 2. The van der Waals surface area contributed by atoms with Crippen LogP contribution in [-0.4, -0.2) is 48.1 Å². The Bertz CT molecular complexity index is 600. The van der Waals surface area contributed by atoms with Gasteiger partial charge < -0.3 is 10.0 Å². The predicted molar refractivity (Wildman–Crippen MR) is 90.8 cm³/mol. The zero-order chi connectivity index (χ0) is 17.1. The Labute approximate surface area is 137 Å². The van der Waals surface area contributed by atoms with E-state index in [2.05, 4.69) is 11.8 Å². The average molecular weight is 318 g/mol. The second-order valence-corrected chi connectivity index (χ2v) is 6.56. The highest BCUT2D eigenvalue weighted by Crippen LogP contribution is 2.27. The molecule has 0 saturated carbocycles. The van der Waals surface area contributed by atoms with E-state index in [1.165, 1.54) is 0 Å². The van der Waals surface area contributed by atoms with E-state index in [0.717, 1.165) is 24.8 Å². The molecular weight excluding hydrogens is 292 g/mol. The fraction of sp³-hybridized carbons (Fsp3) is 0.556. The largest absolute Gasteiger partial charge is 0.481 e. The number of benzene rings is 1. The van der Waals surface area contributed by atoms with Gasteiger partial charge in [-0.1, -0.05) is 17.7 Å². The van der Waals surface area contributed by atoms with Crippen molar-refractivity contribution in [2.24, 2.45) is 0 Å². The van der Waals surface area contributed by atoms with Crippen LogP contribution in [-0.2, 0) is 16.0 Å². The number of nitrogens with zero attached hydrogens (tertiary/aromatic N) is 2. The van der Waals surface area contributed by atoms with Crippen LogP contribution in [0, 0.1) is 6.92 Å². The van der Waals surface area contributed by atoms with Gasteiger partial charge in [-0.05, 0) is 51.8 Å². The van der Waals surface area contributed by atoms with Crippen molar-refractivity contribution in [3.8, 4) is 0 Å². The molecular formula is C18H26N2O3. The Kier molecular flexibility index (Phi) is 5.42. The van der Waals surface area contributed by atoms with Gasteiger partial charge in [0.2, 0.25) is 5.91 Å². The van der Waals surface area contributed by atoms with Crippen LogP contribution in [0.1, 0.15) is 37.3 Å². The summed E-state index contributed by atoms with van der Waals surface area (Å²) in [6, 6.07) is 5.86. The lowest BCUT2D eigenvalue weighted by atomic mass is 9.96. The fourth-order valence-corrected chi connectivity index (χ4v) is 3.31. The molecule has 0 aromatic heterocycles. The van der Waals surface area contributed by atoms with Gasteiger partial charge in [0, 0.05) is 18.8 Å². The molecule has 126 valence electrons. The first-order valence-corrected chi connectivity index (χ1v) is 8.12. The molecule has 1 aromatic carbocycles. The molecule has 1 amide bonds. The van der Waals surface area contributed by atoms with E-state index in [-0.39, 0.29) is 18.4 Å². The molecule has 0 bridgehead atoms. The molecule has 1 heterocycles. The lowest BCUT2D eigenvalue weighted by Gasteiger charge is -2.38. The van der Waals surface area contributed by atoms with Crippen molar-refractivity contribution in [1.82, 2.24) is 4.90 Å². The standard InChI is InChI=1S/C18H26N2O3/c1-12-8-9-15(14(10-12)11-17(21)22)20(4)18(23)16-7-5-6-13(2)19(16)3/h8-10,13,16H,5-7,11H2,1-4H3,(H,21,22)/t13?,16-/m0/s1. The Morgan fingerprint density at radius 1 is 1.35 bits per heavy atom. The number of piperidine rings is 1. The van der Waals surface area contributed by atoms with E-state index < -0.39 is 5.97 Å². The summed E-state index contributed by atoms with van der Waals surface area (Å²) in [5.41, 5.74) is 2.36. The SMILES string of the molecule is Cc1ccc(N(C)C(=O)[C@@H]2CCCC(C)N2C)c(CC(=O)O)c1. The van der Waals surface area contributed by atoms with Crippen LogP contribution >= 0.6 is 0 Å². The summed E-state index contributed by atoms with van der Waals surface area (Å²) in [7, 11) is 3.74. The van der Waals surface area contributed by atoms with Gasteiger partial charge in [0.05, 0.1) is 12.5 Å². The van der Waals surface area contributed by atoms with Gasteiger partial charge in [-0.3, -0.25) is 14.5 Å². The van der Waals surface area contributed by atoms with Gasteiger partial charge in [-0.2, -0.15) is 0 Å². The summed E-state index contributed by atoms with van der Waals surface area (Å²) in [6.07, 6.45) is 2.93. The molecule has 2 rings (SSSR count). The quantitative estimate of drug-likeness (QED) is 0.926. The van der Waals surface area contributed by atoms with Gasteiger partial charge in [0.25, 0.3) is 0 Å². The zero-order valence-electron chi connectivity index (χ0n) is 14.4. The molecule has 1 unspecified atom stereocenters. The van der Waals surface area contributed by atoms with Gasteiger partial charge in [0.15, 0.2) is 0 Å². The number of aliphatic carboxylic acids is 1. The molecule has 5 nitrogen and oxygen atoms in total. The summed E-state index contributed by atoms with van der Waals surface area (Å²) in [6.45, 7) is 4.06. The number of hydrogen-bond donors (Lipinski definition) is 1. The van der Waals surface area contributed by atoms with E-state index in [1.807, 2.05) is 32.2 Å². The van der Waals surface area contributed by atoms with Crippen LogP contribution in [0.4, 0.5) is 5.69 Å². The third-order valence-electron chi connectivity index (χ3n) is 4.84. The first-order valence-electron chi connectivity index (χ1n) is 8.12. The molecule has 1 aromatic rings. The lowest BCUT2D eigenvalue weighted by molar-refractivity contribution is -0.136. The van der Waals surface area contributed by atoms with E-state index in [9.17, 15) is 9.59 Å². The number of rotatable bonds is 4. The molecule has 1 aliphatic heterocycles. The number of carbonyl (C=O) groups excluding carboxylic acids is 1. The minimum absolute atomic E-state index is 0.0366. The number of aryl methyl sites for hydroxylation is 1. The second-order valence-electron chi connectivity index (χ2n) is 6.56. The number of carboxylic acid groups (broad SMARTS) is 1. The summed E-state index contributed by atoms with van der Waals surface area (Å²) >= 11 is 0. The monoisotopic (exact) mass is 318 g/mol. The summed E-state index contributed by atoms with van der Waals surface area (Å²) < 4.78 is 0. The molecule has 1 saturated heterocycles. The normalized spacial score (nSPS) is 21.9. The maximum absolute atomic E-state index is 12.9. The van der Waals surface area contributed by atoms with Crippen LogP contribution in [0.15, 0.2) is 18.2 Å². The number of anilines is 1. The third kappa shape index (κ3) is 3.91. The minimum atomic E-state index is -0.888. The fourth-order valence-electron chi connectivity index (χ4n) is 3.31. The van der Waals surface area contributed by atoms with Gasteiger partial charge in [-0.25, -0.2) is 0 Å². The highest BCUT2D eigenvalue weighted by Gasteiger charge is 2.32. The Morgan fingerprint density at radius 2 is 2.04 bits per heavy atom. The third-order valence-corrected chi connectivity index (χ3v) is 4.84. The lowest BCUT2D eigenvalue weighted by Crippen LogP contribution is -2.51. The zero-order valence-corrected chi connectivity index (χ0v) is 14.4. The van der Waals surface area contributed by atoms with Crippen molar-refractivity contribution < 1.29 is 14.7 Å². The molecule has 1 N–H and O–H groups in total. The van der Waals surface area contributed by atoms with Gasteiger partial charge >= 0.3 is 5.97 Å². The summed E-state index contributed by atoms with van der Waals surface area (Å²) in [5, 5.41) is 9.12. The van der Waals surface area contributed by atoms with Crippen LogP contribution < -0.4 is 4.90 Å². The van der Waals surface area contributed by atoms with Crippen molar-refractivity contribution in [3.63, 3.8) is 0 Å². The topological polar surface area (TPSA) is 60.9 Å². The van der Waals surface area contributed by atoms with Crippen LogP contribution in [0.3, 0.4) is 0 Å². The molecule has 0 radical (unpaired) electrons. The van der Waals surface area contributed by atoms with E-state index in [0.29, 0.717) is 17.3 Å². The maximum atomic E-state index is 12.9. The number of amides is 1. The number of likely N-dealkylation sites (tertiary alicyclic amines) is 1. The molecule has 5 heteroatoms. The highest BCUT2D eigenvalue weighted by atomic mass is 16.4. The Morgan fingerprint density at radius 3 is 2.70 bits per heavy atom. The average Bonchev–Trinajstić information content (AvgIpc) is 2.48. The first-order chi connectivity index (χ1) is 10.8. The molecule has 2 atom stereocenters. The Balaban J connectivity index is 2.27. The maximum Gasteiger partial charge on any atom is 0.307 e. The van der Waals surface area contributed by atoms with Crippen molar-refractivity contribution in [1.29, 1.82) is 0 Å². The van der Waals surface area contributed by atoms with Gasteiger partial charge in [-0.15, -0.1) is 0 Å². The van der Waals surface area contributed by atoms with Gasteiger partial charge in [0.1, 0.15) is 0 Å². The van der Waals surface area contributed by atoms with E-state index in [4.69, 9.17) is 5.11 Å². The molecule has 0 spiro atoms. The Hall–Kier alpha value is -1.88. The number of hydrogen-bond acceptors (Lipinski definition) is 3. The predicted octanol–water partition coefficient (Wildman–Crippen LogP) is 2.46. The van der Waals surface area contributed by atoms with E-state index >= 15 is 0 Å². The molecule has 1 fully saturated rings. The number of carboxylic acids is 1. The van der Waals surface area contributed by atoms with E-state index in [1.54, 1.807) is 11.9 Å². The van der Waals surface area contributed by atoms with Crippen LogP contribution in [0.2, 0.25) is 0 Å². The van der Waals surface area contributed by atoms with Crippen molar-refractivity contribution in [2.45, 2.75) is 51.6 Å².